The summed E-state index contributed by atoms with van der Waals surface area (Å²) in [5.41, 5.74) is 3.39. The van der Waals surface area contributed by atoms with E-state index in [9.17, 15) is 10.2 Å². The molecular formula is C16H19N3O2. The summed E-state index contributed by atoms with van der Waals surface area (Å²) in [5, 5.41) is 28.0. The van der Waals surface area contributed by atoms with E-state index in [1.807, 2.05) is 45.0 Å². The molecule has 0 spiro atoms. The second kappa shape index (κ2) is 6.37. The van der Waals surface area contributed by atoms with Gasteiger partial charge in [-0.3, -0.25) is 0 Å². The molecule has 0 fully saturated rings. The van der Waals surface area contributed by atoms with Crippen molar-refractivity contribution in [2.45, 2.75) is 27.4 Å². The lowest BCUT2D eigenvalue weighted by molar-refractivity contribution is 0.275. The number of aliphatic hydroxyl groups is 1. The molecule has 0 aliphatic carbocycles. The molecule has 2 aromatic carbocycles. The fourth-order valence-electron chi connectivity index (χ4n) is 2.07. The van der Waals surface area contributed by atoms with E-state index >= 15 is 0 Å². The minimum absolute atomic E-state index is 0.00778. The maximum atomic E-state index is 10.1. The van der Waals surface area contributed by atoms with Crippen LogP contribution in [0.4, 0.5) is 0 Å². The number of hydrogen-bond acceptors (Lipinski definition) is 4. The smallest absolute Gasteiger partial charge is 0.148 e. The topological polar surface area (TPSA) is 71.2 Å². The highest BCUT2D eigenvalue weighted by Gasteiger charge is 2.12. The lowest BCUT2D eigenvalue weighted by Crippen LogP contribution is -2.01. The van der Waals surface area contributed by atoms with Crippen LogP contribution in [-0.2, 0) is 6.61 Å². The highest BCUT2D eigenvalue weighted by atomic mass is 16.3. The van der Waals surface area contributed by atoms with Gasteiger partial charge in [0.25, 0.3) is 0 Å². The Hall–Kier alpha value is -2.40. The number of nitrogens with zero attached hydrogens (tertiary/aromatic N) is 3. The van der Waals surface area contributed by atoms with Crippen molar-refractivity contribution in [3.8, 4) is 11.4 Å². The van der Waals surface area contributed by atoms with Gasteiger partial charge in [0.15, 0.2) is 0 Å². The minimum Gasteiger partial charge on any atom is -0.505 e. The number of aromatic hydroxyl groups is 1. The van der Waals surface area contributed by atoms with Crippen LogP contribution in [-0.4, -0.2) is 25.2 Å². The fourth-order valence-corrected chi connectivity index (χ4v) is 2.07. The Morgan fingerprint density at radius 2 is 1.62 bits per heavy atom. The van der Waals surface area contributed by atoms with Crippen LogP contribution in [0.15, 0.2) is 36.4 Å². The van der Waals surface area contributed by atoms with Crippen molar-refractivity contribution in [1.82, 2.24) is 15.0 Å². The molecule has 1 aromatic heterocycles. The predicted octanol–water partition coefficient (Wildman–Crippen LogP) is 2.95. The number of phenols is 1. The Bertz CT molecular complexity index is 717. The van der Waals surface area contributed by atoms with Crippen molar-refractivity contribution in [2.75, 3.05) is 0 Å². The van der Waals surface area contributed by atoms with E-state index in [0.717, 1.165) is 16.6 Å². The van der Waals surface area contributed by atoms with Crippen LogP contribution < -0.4 is 0 Å². The van der Waals surface area contributed by atoms with E-state index in [1.165, 1.54) is 4.80 Å². The van der Waals surface area contributed by atoms with Crippen molar-refractivity contribution < 1.29 is 10.2 Å². The van der Waals surface area contributed by atoms with Crippen LogP contribution >= 0.6 is 0 Å². The maximum absolute atomic E-state index is 10.1. The first-order valence-electron chi connectivity index (χ1n) is 6.95. The number of hydrogen-bond donors (Lipinski definition) is 2. The molecule has 0 saturated heterocycles. The van der Waals surface area contributed by atoms with Gasteiger partial charge in [0.05, 0.1) is 6.61 Å². The van der Waals surface area contributed by atoms with Crippen molar-refractivity contribution in [2.24, 2.45) is 0 Å². The number of aliphatic hydroxyl groups excluding tert-OH is 1. The van der Waals surface area contributed by atoms with Gasteiger partial charge < -0.3 is 10.2 Å². The molecule has 0 atom stereocenters. The molecule has 21 heavy (non-hydrogen) atoms. The SMILES string of the molecule is CC.Cc1cc(CO)c(O)c(-n2nc3ccccc3n2)c1. The maximum Gasteiger partial charge on any atom is 0.148 e. The summed E-state index contributed by atoms with van der Waals surface area (Å²) >= 11 is 0. The summed E-state index contributed by atoms with van der Waals surface area (Å²) in [6.45, 7) is 5.67. The molecule has 3 aromatic rings. The Kier molecular flexibility index (Phi) is 4.55. The Morgan fingerprint density at radius 3 is 2.14 bits per heavy atom. The standard InChI is InChI=1S/C14H13N3O2.C2H6/c1-9-6-10(8-18)14(19)13(7-9)17-15-11-4-2-3-5-12(11)16-17;1-2/h2-7,18-19H,8H2,1H3;1-2H3. The summed E-state index contributed by atoms with van der Waals surface area (Å²) in [4.78, 5) is 1.40. The minimum atomic E-state index is -0.221. The number of benzene rings is 2. The molecule has 0 aliphatic heterocycles. The van der Waals surface area contributed by atoms with E-state index < -0.39 is 0 Å². The van der Waals surface area contributed by atoms with E-state index in [-0.39, 0.29) is 12.4 Å². The van der Waals surface area contributed by atoms with Gasteiger partial charge in [0.2, 0.25) is 0 Å². The van der Waals surface area contributed by atoms with E-state index in [0.29, 0.717) is 11.3 Å². The van der Waals surface area contributed by atoms with Crippen LogP contribution in [0.3, 0.4) is 0 Å². The third-order valence-electron chi connectivity index (χ3n) is 2.99. The van der Waals surface area contributed by atoms with Gasteiger partial charge in [0.1, 0.15) is 22.5 Å². The van der Waals surface area contributed by atoms with Gasteiger partial charge in [-0.2, -0.15) is 0 Å². The lowest BCUT2D eigenvalue weighted by atomic mass is 10.1. The molecule has 0 bridgehead atoms. The first kappa shape index (κ1) is 15.0. The van der Waals surface area contributed by atoms with Crippen LogP contribution in [0.25, 0.3) is 16.7 Å². The largest absolute Gasteiger partial charge is 0.505 e. The van der Waals surface area contributed by atoms with Gasteiger partial charge in [-0.05, 0) is 36.8 Å². The third kappa shape index (κ3) is 2.87. The molecule has 3 rings (SSSR count). The average Bonchev–Trinajstić information content (AvgIpc) is 2.95. The molecular weight excluding hydrogens is 266 g/mol. The van der Waals surface area contributed by atoms with Gasteiger partial charge in [0, 0.05) is 5.56 Å². The zero-order valence-corrected chi connectivity index (χ0v) is 12.4. The molecule has 5 heteroatoms. The molecule has 0 aliphatic rings. The lowest BCUT2D eigenvalue weighted by Gasteiger charge is -2.08. The zero-order chi connectivity index (χ0) is 15.4. The molecule has 0 saturated carbocycles. The Balaban J connectivity index is 0.000000774. The number of aromatic nitrogens is 3. The summed E-state index contributed by atoms with van der Waals surface area (Å²) in [6, 6.07) is 11.0. The summed E-state index contributed by atoms with van der Waals surface area (Å²) in [5.74, 6) is 0.00778. The van der Waals surface area contributed by atoms with E-state index in [4.69, 9.17) is 0 Å². The highest BCUT2D eigenvalue weighted by Crippen LogP contribution is 2.27. The molecule has 1 heterocycles. The van der Waals surface area contributed by atoms with Gasteiger partial charge >= 0.3 is 0 Å². The van der Waals surface area contributed by atoms with Gasteiger partial charge in [-0.15, -0.1) is 15.0 Å². The molecule has 2 N–H and O–H groups in total. The summed E-state index contributed by atoms with van der Waals surface area (Å²) in [7, 11) is 0. The zero-order valence-electron chi connectivity index (χ0n) is 12.4. The van der Waals surface area contributed by atoms with Crippen LogP contribution in [0.5, 0.6) is 5.75 Å². The Morgan fingerprint density at radius 1 is 1.05 bits per heavy atom. The molecule has 0 amide bonds. The normalized spacial score (nSPS) is 10.3. The van der Waals surface area contributed by atoms with Crippen molar-refractivity contribution in [3.05, 3.63) is 47.5 Å². The van der Waals surface area contributed by atoms with Gasteiger partial charge in [-0.1, -0.05) is 26.0 Å². The van der Waals surface area contributed by atoms with E-state index in [2.05, 4.69) is 10.2 Å². The second-order valence-corrected chi connectivity index (χ2v) is 4.43. The number of fused-ring (bicyclic) bond motifs is 1. The van der Waals surface area contributed by atoms with Crippen molar-refractivity contribution >= 4 is 11.0 Å². The first-order chi connectivity index (χ1) is 10.2. The second-order valence-electron chi connectivity index (χ2n) is 4.43. The molecule has 0 radical (unpaired) electrons. The number of rotatable bonds is 2. The van der Waals surface area contributed by atoms with Gasteiger partial charge in [-0.25, -0.2) is 0 Å². The number of aryl methyl sites for hydroxylation is 1. The van der Waals surface area contributed by atoms with Crippen LogP contribution in [0, 0.1) is 6.92 Å². The molecule has 110 valence electrons. The summed E-state index contributed by atoms with van der Waals surface area (Å²) < 4.78 is 0. The quantitative estimate of drug-likeness (QED) is 0.759. The first-order valence-corrected chi connectivity index (χ1v) is 6.95. The van der Waals surface area contributed by atoms with Crippen molar-refractivity contribution in [1.29, 1.82) is 0 Å². The monoisotopic (exact) mass is 285 g/mol. The highest BCUT2D eigenvalue weighted by molar-refractivity contribution is 5.73. The van der Waals surface area contributed by atoms with E-state index in [1.54, 1.807) is 12.1 Å². The summed E-state index contributed by atoms with van der Waals surface area (Å²) in [6.07, 6.45) is 0. The third-order valence-corrected chi connectivity index (χ3v) is 2.99. The predicted molar refractivity (Wildman–Crippen MR) is 82.5 cm³/mol. The van der Waals surface area contributed by atoms with Crippen LogP contribution in [0.1, 0.15) is 25.0 Å². The average molecular weight is 285 g/mol. The Labute approximate surface area is 123 Å². The van der Waals surface area contributed by atoms with Crippen molar-refractivity contribution in [3.63, 3.8) is 0 Å². The fraction of sp³-hybridized carbons (Fsp3) is 0.250. The molecule has 5 nitrogen and oxygen atoms in total. The van der Waals surface area contributed by atoms with Crippen LogP contribution in [0.2, 0.25) is 0 Å². The molecule has 0 unspecified atom stereocenters.